The number of hydrogen-bond acceptors (Lipinski definition) is 5. The Kier molecular flexibility index (Phi) is 6.81. The molecule has 7 heteroatoms. The van der Waals surface area contributed by atoms with Crippen molar-refractivity contribution in [2.24, 2.45) is 0 Å². The third-order valence-electron chi connectivity index (χ3n) is 5.44. The summed E-state index contributed by atoms with van der Waals surface area (Å²) in [6.07, 6.45) is 2.28. The number of carbonyl (C=O) groups is 1. The van der Waals surface area contributed by atoms with E-state index < -0.39 is 0 Å². The second-order valence-electron chi connectivity index (χ2n) is 7.59. The first kappa shape index (κ1) is 20.6. The fourth-order valence-electron chi connectivity index (χ4n) is 3.97. The summed E-state index contributed by atoms with van der Waals surface area (Å²) >= 11 is 1.79. The van der Waals surface area contributed by atoms with Crippen LogP contribution in [0.5, 0.6) is 11.5 Å². The number of carbonyl (C=O) groups excluding carboxylic acids is 1. The topological polar surface area (TPSA) is 64.9 Å². The fourth-order valence-corrected chi connectivity index (χ4v) is 5.07. The Morgan fingerprint density at radius 2 is 2.00 bits per heavy atom. The summed E-state index contributed by atoms with van der Waals surface area (Å²) in [7, 11) is 1.62. The molecule has 1 aliphatic heterocycles. The zero-order valence-corrected chi connectivity index (χ0v) is 18.0. The minimum atomic E-state index is 0.0681. The van der Waals surface area contributed by atoms with Gasteiger partial charge in [0, 0.05) is 0 Å². The highest BCUT2D eigenvalue weighted by Crippen LogP contribution is 2.30. The maximum absolute atomic E-state index is 12.4. The third-order valence-corrected chi connectivity index (χ3v) is 6.64. The molecule has 2 N–H and O–H groups in total. The summed E-state index contributed by atoms with van der Waals surface area (Å²) in [5.74, 6) is 1.89. The third kappa shape index (κ3) is 5.09. The molecule has 0 spiro atoms. The predicted molar refractivity (Wildman–Crippen MR) is 119 cm³/mol. The summed E-state index contributed by atoms with van der Waals surface area (Å²) in [5.41, 5.74) is 1.08. The Bertz CT molecular complexity index is 957. The van der Waals surface area contributed by atoms with Gasteiger partial charge in [-0.1, -0.05) is 24.3 Å². The van der Waals surface area contributed by atoms with Crippen molar-refractivity contribution in [3.8, 4) is 11.5 Å². The first-order valence-corrected chi connectivity index (χ1v) is 11.3. The largest absolute Gasteiger partial charge is 0.493 e. The molecule has 1 fully saturated rings. The molecule has 0 aliphatic carbocycles. The molecule has 1 saturated heterocycles. The molecule has 2 aromatic carbocycles. The molecule has 1 amide bonds. The number of methoxy groups -OCH3 is 1. The van der Waals surface area contributed by atoms with E-state index in [9.17, 15) is 4.79 Å². The zero-order chi connectivity index (χ0) is 20.8. The smallest absolute Gasteiger partial charge is 0.275 e. The second kappa shape index (κ2) is 9.91. The maximum Gasteiger partial charge on any atom is 0.275 e. The van der Waals surface area contributed by atoms with Crippen molar-refractivity contribution in [3.63, 3.8) is 0 Å². The SMILES string of the molecule is COc1ccccc1OCCNC(=O)C[NH+]1CCC[C@H](c2nc3ccccc3s2)C1. The van der Waals surface area contributed by atoms with Gasteiger partial charge in [0.1, 0.15) is 11.6 Å². The van der Waals surface area contributed by atoms with Crippen molar-refractivity contribution < 1.29 is 19.2 Å². The maximum atomic E-state index is 12.4. The quantitative estimate of drug-likeness (QED) is 0.543. The number of para-hydroxylation sites is 3. The Morgan fingerprint density at radius 1 is 1.20 bits per heavy atom. The molecule has 0 bridgehead atoms. The van der Waals surface area contributed by atoms with Crippen LogP contribution in [0.4, 0.5) is 0 Å². The van der Waals surface area contributed by atoms with Gasteiger partial charge < -0.3 is 19.7 Å². The van der Waals surface area contributed by atoms with E-state index in [1.807, 2.05) is 30.3 Å². The lowest BCUT2D eigenvalue weighted by Gasteiger charge is -2.28. The van der Waals surface area contributed by atoms with Gasteiger partial charge in [0.05, 0.1) is 42.9 Å². The molecule has 1 unspecified atom stereocenters. The van der Waals surface area contributed by atoms with Crippen LogP contribution in [0, 0.1) is 0 Å². The van der Waals surface area contributed by atoms with Crippen molar-refractivity contribution in [3.05, 3.63) is 53.5 Å². The zero-order valence-electron chi connectivity index (χ0n) is 17.2. The second-order valence-corrected chi connectivity index (χ2v) is 8.65. The molecular weight excluding hydrogens is 398 g/mol. The monoisotopic (exact) mass is 426 g/mol. The highest BCUT2D eigenvalue weighted by atomic mass is 32.1. The first-order chi connectivity index (χ1) is 14.7. The molecule has 2 atom stereocenters. The molecule has 30 heavy (non-hydrogen) atoms. The van der Waals surface area contributed by atoms with Gasteiger partial charge in [-0.15, -0.1) is 11.3 Å². The molecule has 1 aromatic heterocycles. The van der Waals surface area contributed by atoms with Crippen molar-refractivity contribution in [1.82, 2.24) is 10.3 Å². The average Bonchev–Trinajstić information content (AvgIpc) is 3.22. The van der Waals surface area contributed by atoms with Gasteiger partial charge in [0.15, 0.2) is 18.0 Å². The van der Waals surface area contributed by atoms with Crippen molar-refractivity contribution in [1.29, 1.82) is 0 Å². The van der Waals surface area contributed by atoms with Gasteiger partial charge in [-0.05, 0) is 37.1 Å². The minimum Gasteiger partial charge on any atom is -0.493 e. The number of piperidine rings is 1. The van der Waals surface area contributed by atoms with Crippen molar-refractivity contribution in [2.45, 2.75) is 18.8 Å². The average molecular weight is 427 g/mol. The Morgan fingerprint density at radius 3 is 2.83 bits per heavy atom. The van der Waals surface area contributed by atoms with E-state index in [1.54, 1.807) is 18.4 Å². The number of likely N-dealkylation sites (tertiary alicyclic amines) is 1. The molecule has 4 rings (SSSR count). The lowest BCUT2D eigenvalue weighted by Crippen LogP contribution is -3.14. The molecule has 0 radical (unpaired) electrons. The normalized spacial score (nSPS) is 18.8. The van der Waals surface area contributed by atoms with E-state index in [1.165, 1.54) is 14.6 Å². The van der Waals surface area contributed by atoms with Crippen LogP contribution in [-0.4, -0.2) is 50.8 Å². The molecule has 0 saturated carbocycles. The number of nitrogens with one attached hydrogen (secondary N) is 2. The number of benzene rings is 2. The van der Waals surface area contributed by atoms with Crippen LogP contribution in [0.25, 0.3) is 10.2 Å². The number of hydrogen-bond donors (Lipinski definition) is 2. The summed E-state index contributed by atoms with van der Waals surface area (Å²) in [6.45, 7) is 3.38. The number of fused-ring (bicyclic) bond motifs is 1. The summed E-state index contributed by atoms with van der Waals surface area (Å²) in [5, 5.41) is 4.18. The number of amides is 1. The van der Waals surface area contributed by atoms with Crippen molar-refractivity contribution in [2.75, 3.05) is 39.9 Å². The van der Waals surface area contributed by atoms with Crippen LogP contribution in [0.3, 0.4) is 0 Å². The number of ether oxygens (including phenoxy) is 2. The van der Waals surface area contributed by atoms with Gasteiger partial charge in [0.2, 0.25) is 0 Å². The van der Waals surface area contributed by atoms with Crippen LogP contribution >= 0.6 is 11.3 Å². The highest BCUT2D eigenvalue weighted by molar-refractivity contribution is 7.18. The van der Waals surface area contributed by atoms with Crippen LogP contribution in [0.1, 0.15) is 23.8 Å². The molecule has 1 aliphatic rings. The Balaban J connectivity index is 1.23. The van der Waals surface area contributed by atoms with Crippen LogP contribution < -0.4 is 19.7 Å². The number of quaternary nitrogens is 1. The van der Waals surface area contributed by atoms with E-state index >= 15 is 0 Å². The van der Waals surface area contributed by atoms with E-state index in [4.69, 9.17) is 14.5 Å². The number of rotatable bonds is 8. The van der Waals surface area contributed by atoms with Crippen molar-refractivity contribution >= 4 is 27.5 Å². The van der Waals surface area contributed by atoms with Crippen LogP contribution in [0.2, 0.25) is 0 Å². The summed E-state index contributed by atoms with van der Waals surface area (Å²) < 4.78 is 12.2. The molecule has 3 aromatic rings. The first-order valence-electron chi connectivity index (χ1n) is 10.4. The molecular formula is C23H28N3O3S+. The van der Waals surface area contributed by atoms with Gasteiger partial charge >= 0.3 is 0 Å². The van der Waals surface area contributed by atoms with E-state index in [0.717, 1.165) is 31.4 Å². The van der Waals surface area contributed by atoms with E-state index in [-0.39, 0.29) is 5.91 Å². The van der Waals surface area contributed by atoms with E-state index in [2.05, 4.69) is 23.5 Å². The predicted octanol–water partition coefficient (Wildman–Crippen LogP) is 2.26. The Hall–Kier alpha value is -2.64. The minimum absolute atomic E-state index is 0.0681. The fraction of sp³-hybridized carbons (Fsp3) is 0.391. The number of nitrogens with zero attached hydrogens (tertiary/aromatic N) is 1. The number of thiazole rings is 1. The summed E-state index contributed by atoms with van der Waals surface area (Å²) in [4.78, 5) is 18.6. The molecule has 6 nitrogen and oxygen atoms in total. The molecule has 2 heterocycles. The lowest BCUT2D eigenvalue weighted by molar-refractivity contribution is -0.898. The van der Waals surface area contributed by atoms with Crippen LogP contribution in [-0.2, 0) is 4.79 Å². The molecule has 158 valence electrons. The highest BCUT2D eigenvalue weighted by Gasteiger charge is 2.28. The summed E-state index contributed by atoms with van der Waals surface area (Å²) in [6, 6.07) is 15.8. The standard InChI is InChI=1S/C23H27N3O3S/c1-28-19-9-3-4-10-20(19)29-14-12-24-22(27)16-26-13-6-7-17(15-26)23-25-18-8-2-5-11-21(18)30-23/h2-5,8-11,17H,6-7,12-16H2,1H3,(H,24,27)/p+1/t17-/m0/s1. The van der Waals surface area contributed by atoms with Gasteiger partial charge in [-0.2, -0.15) is 0 Å². The number of aromatic nitrogens is 1. The lowest BCUT2D eigenvalue weighted by atomic mass is 9.99. The van der Waals surface area contributed by atoms with Gasteiger partial charge in [0.25, 0.3) is 5.91 Å². The Labute approximate surface area is 180 Å². The van der Waals surface area contributed by atoms with Gasteiger partial charge in [-0.25, -0.2) is 4.98 Å². The van der Waals surface area contributed by atoms with E-state index in [0.29, 0.717) is 37.1 Å². The van der Waals surface area contributed by atoms with Gasteiger partial charge in [-0.3, -0.25) is 4.79 Å². The van der Waals surface area contributed by atoms with Crippen LogP contribution in [0.15, 0.2) is 48.5 Å².